The molecule has 1 aliphatic rings. The van der Waals surface area contributed by atoms with Gasteiger partial charge in [-0.3, -0.25) is 0 Å². The lowest BCUT2D eigenvalue weighted by atomic mass is 9.95. The molecule has 8 heteroatoms. The number of halogens is 2. The van der Waals surface area contributed by atoms with E-state index in [9.17, 15) is 4.79 Å². The minimum Gasteiger partial charge on any atom is -0.460 e. The molecule has 1 aliphatic heterocycles. The van der Waals surface area contributed by atoms with Gasteiger partial charge in [-0.15, -0.1) is 0 Å². The van der Waals surface area contributed by atoms with E-state index in [0.29, 0.717) is 38.6 Å². The van der Waals surface area contributed by atoms with Crippen LogP contribution in [0, 0.1) is 0 Å². The Morgan fingerprint density at radius 3 is 2.74 bits per heavy atom. The quantitative estimate of drug-likeness (QED) is 0.469. The van der Waals surface area contributed by atoms with E-state index in [2.05, 4.69) is 10.6 Å². The zero-order valence-corrected chi connectivity index (χ0v) is 14.9. The molecule has 1 heterocycles. The number of esters is 1. The van der Waals surface area contributed by atoms with Crippen LogP contribution in [-0.4, -0.2) is 31.4 Å². The number of hydrogen-bond donors (Lipinski definition) is 2. The van der Waals surface area contributed by atoms with E-state index in [1.807, 2.05) is 0 Å². The molecule has 1 aromatic carbocycles. The van der Waals surface area contributed by atoms with Crippen molar-refractivity contribution in [3.8, 4) is 0 Å². The van der Waals surface area contributed by atoms with E-state index in [1.165, 1.54) is 7.11 Å². The Hall–Kier alpha value is -1.34. The highest BCUT2D eigenvalue weighted by atomic mass is 35.5. The molecule has 23 heavy (non-hydrogen) atoms. The van der Waals surface area contributed by atoms with E-state index in [1.54, 1.807) is 25.1 Å². The molecule has 0 saturated heterocycles. The highest BCUT2D eigenvalue weighted by molar-refractivity contribution is 7.80. The fraction of sp³-hybridized carbons (Fsp3) is 0.333. The van der Waals surface area contributed by atoms with Crippen molar-refractivity contribution in [2.75, 3.05) is 20.3 Å². The maximum atomic E-state index is 12.4. The van der Waals surface area contributed by atoms with Crippen molar-refractivity contribution in [3.05, 3.63) is 45.1 Å². The van der Waals surface area contributed by atoms with Gasteiger partial charge in [-0.05, 0) is 36.8 Å². The number of ether oxygens (including phenoxy) is 2. The van der Waals surface area contributed by atoms with Crippen molar-refractivity contribution in [1.29, 1.82) is 0 Å². The average molecular weight is 375 g/mol. The molecular weight excluding hydrogens is 359 g/mol. The van der Waals surface area contributed by atoms with E-state index in [-0.39, 0.29) is 6.61 Å². The van der Waals surface area contributed by atoms with Crippen molar-refractivity contribution >= 4 is 46.5 Å². The van der Waals surface area contributed by atoms with Gasteiger partial charge in [-0.25, -0.2) is 4.79 Å². The Bertz CT molecular complexity index is 664. The van der Waals surface area contributed by atoms with Crippen LogP contribution in [0.25, 0.3) is 0 Å². The van der Waals surface area contributed by atoms with Crippen LogP contribution in [0.2, 0.25) is 10.0 Å². The molecule has 0 fully saturated rings. The first-order valence-corrected chi connectivity index (χ1v) is 7.99. The first-order chi connectivity index (χ1) is 10.9. The van der Waals surface area contributed by atoms with Crippen molar-refractivity contribution in [2.45, 2.75) is 13.0 Å². The Labute approximate surface area is 149 Å². The second kappa shape index (κ2) is 7.97. The molecule has 2 N–H and O–H groups in total. The van der Waals surface area contributed by atoms with Crippen LogP contribution >= 0.6 is 35.4 Å². The number of rotatable bonds is 5. The second-order valence-corrected chi connectivity index (χ2v) is 6.12. The first-order valence-electron chi connectivity index (χ1n) is 6.83. The highest BCUT2D eigenvalue weighted by Crippen LogP contribution is 2.33. The van der Waals surface area contributed by atoms with Crippen LogP contribution in [-0.2, 0) is 14.3 Å². The zero-order valence-electron chi connectivity index (χ0n) is 12.6. The van der Waals surface area contributed by atoms with Crippen LogP contribution < -0.4 is 10.6 Å². The van der Waals surface area contributed by atoms with Gasteiger partial charge in [0.1, 0.15) is 6.61 Å². The molecule has 0 aliphatic carbocycles. The Morgan fingerprint density at radius 1 is 1.35 bits per heavy atom. The lowest BCUT2D eigenvalue weighted by Gasteiger charge is -2.30. The summed E-state index contributed by atoms with van der Waals surface area (Å²) in [5.41, 5.74) is 1.73. The van der Waals surface area contributed by atoms with Crippen molar-refractivity contribution in [3.63, 3.8) is 0 Å². The van der Waals surface area contributed by atoms with Crippen LogP contribution in [0.15, 0.2) is 29.5 Å². The maximum Gasteiger partial charge on any atom is 0.338 e. The molecule has 1 atom stereocenters. The number of benzene rings is 1. The fourth-order valence-corrected chi connectivity index (χ4v) is 3.02. The third-order valence-corrected chi connectivity index (χ3v) is 4.07. The number of methoxy groups -OCH3 is 1. The monoisotopic (exact) mass is 374 g/mol. The molecule has 0 radical (unpaired) electrons. The number of thiocarbonyl (C=S) groups is 1. The topological polar surface area (TPSA) is 59.6 Å². The average Bonchev–Trinajstić information content (AvgIpc) is 2.46. The lowest BCUT2D eigenvalue weighted by molar-refractivity contribution is -0.140. The summed E-state index contributed by atoms with van der Waals surface area (Å²) in [6.45, 7) is 2.25. The van der Waals surface area contributed by atoms with Crippen molar-refractivity contribution in [2.24, 2.45) is 0 Å². The van der Waals surface area contributed by atoms with E-state index in [0.717, 1.165) is 0 Å². The third-order valence-electron chi connectivity index (χ3n) is 3.28. The molecule has 1 unspecified atom stereocenters. The van der Waals surface area contributed by atoms with Crippen LogP contribution in [0.4, 0.5) is 0 Å². The first kappa shape index (κ1) is 18.0. The van der Waals surface area contributed by atoms with Gasteiger partial charge in [-0.2, -0.15) is 0 Å². The van der Waals surface area contributed by atoms with Crippen molar-refractivity contribution < 1.29 is 14.3 Å². The van der Waals surface area contributed by atoms with Crippen LogP contribution in [0.3, 0.4) is 0 Å². The summed E-state index contributed by atoms with van der Waals surface area (Å²) in [6, 6.07) is 4.57. The van der Waals surface area contributed by atoms with Gasteiger partial charge in [0, 0.05) is 22.9 Å². The molecule has 0 bridgehead atoms. The lowest BCUT2D eigenvalue weighted by Crippen LogP contribution is -2.45. The molecule has 0 amide bonds. The summed E-state index contributed by atoms with van der Waals surface area (Å²) in [5, 5.41) is 7.34. The smallest absolute Gasteiger partial charge is 0.338 e. The summed E-state index contributed by atoms with van der Waals surface area (Å²) < 4.78 is 10.1. The normalized spacial score (nSPS) is 17.6. The molecule has 5 nitrogen and oxygen atoms in total. The molecule has 0 saturated carbocycles. The number of allylic oxidation sites excluding steroid dienone is 1. The number of nitrogens with one attached hydrogen (secondary N) is 2. The Morgan fingerprint density at radius 2 is 2.09 bits per heavy atom. The van der Waals surface area contributed by atoms with Crippen molar-refractivity contribution in [1.82, 2.24) is 10.6 Å². The highest BCUT2D eigenvalue weighted by Gasteiger charge is 2.32. The summed E-state index contributed by atoms with van der Waals surface area (Å²) in [4.78, 5) is 12.4. The predicted octanol–water partition coefficient (Wildman–Crippen LogP) is 2.98. The van der Waals surface area contributed by atoms with Gasteiger partial charge < -0.3 is 20.1 Å². The minimum absolute atomic E-state index is 0.164. The predicted molar refractivity (Wildman–Crippen MR) is 93.6 cm³/mol. The maximum absolute atomic E-state index is 12.4. The molecule has 0 spiro atoms. The fourth-order valence-electron chi connectivity index (χ4n) is 2.23. The third kappa shape index (κ3) is 4.35. The Kier molecular flexibility index (Phi) is 6.24. The molecule has 1 aromatic rings. The summed E-state index contributed by atoms with van der Waals surface area (Å²) >= 11 is 17.4. The number of carbonyl (C=O) groups excluding carboxylic acids is 1. The molecule has 2 rings (SSSR count). The van der Waals surface area contributed by atoms with Gasteiger partial charge in [-0.1, -0.05) is 29.3 Å². The van der Waals surface area contributed by atoms with Crippen LogP contribution in [0.1, 0.15) is 18.5 Å². The number of hydrogen-bond acceptors (Lipinski definition) is 4. The molecule has 0 aromatic heterocycles. The Balaban J connectivity index is 2.36. The van der Waals surface area contributed by atoms with Gasteiger partial charge in [0.05, 0.1) is 18.2 Å². The van der Waals surface area contributed by atoms with E-state index >= 15 is 0 Å². The standard InChI is InChI=1S/C15H16Cl2N2O3S/c1-8-12(14(20)22-6-5-21-2)13(19-15(23)18-8)10-4-3-9(16)7-11(10)17/h3-4,7,13H,5-6H2,1-2H3,(H2,18,19,23). The summed E-state index contributed by atoms with van der Waals surface area (Å²) in [5.74, 6) is -0.460. The van der Waals surface area contributed by atoms with Gasteiger partial charge >= 0.3 is 5.97 Å². The molecule has 124 valence electrons. The van der Waals surface area contributed by atoms with Crippen LogP contribution in [0.5, 0.6) is 0 Å². The zero-order chi connectivity index (χ0) is 17.0. The summed E-state index contributed by atoms with van der Waals surface area (Å²) in [6.07, 6.45) is 0. The molecular formula is C15H16Cl2N2O3S. The van der Waals surface area contributed by atoms with Gasteiger partial charge in [0.25, 0.3) is 0 Å². The minimum atomic E-state index is -0.511. The van der Waals surface area contributed by atoms with E-state index < -0.39 is 12.0 Å². The second-order valence-electron chi connectivity index (χ2n) is 4.86. The van der Waals surface area contributed by atoms with Gasteiger partial charge in [0.15, 0.2) is 5.11 Å². The summed E-state index contributed by atoms with van der Waals surface area (Å²) in [7, 11) is 1.54. The van der Waals surface area contributed by atoms with Gasteiger partial charge in [0.2, 0.25) is 0 Å². The number of carbonyl (C=O) groups is 1. The SMILES string of the molecule is COCCOC(=O)C1=C(C)NC(=S)NC1c1ccc(Cl)cc1Cl. The van der Waals surface area contributed by atoms with E-state index in [4.69, 9.17) is 44.9 Å². The largest absolute Gasteiger partial charge is 0.460 e.